The van der Waals surface area contributed by atoms with E-state index < -0.39 is 0 Å². The van der Waals surface area contributed by atoms with Crippen molar-refractivity contribution < 1.29 is 9.53 Å². The van der Waals surface area contributed by atoms with E-state index in [0.29, 0.717) is 12.2 Å². The molecule has 1 amide bonds. The minimum atomic E-state index is 0.0314. The highest BCUT2D eigenvalue weighted by Gasteiger charge is 2.17. The van der Waals surface area contributed by atoms with E-state index in [9.17, 15) is 4.79 Å². The summed E-state index contributed by atoms with van der Waals surface area (Å²) < 4.78 is 5.26. The van der Waals surface area contributed by atoms with Crippen molar-refractivity contribution in [3.05, 3.63) is 23.8 Å². The fourth-order valence-electron chi connectivity index (χ4n) is 2.10. The van der Waals surface area contributed by atoms with Gasteiger partial charge in [0.15, 0.2) is 0 Å². The van der Waals surface area contributed by atoms with Crippen molar-refractivity contribution in [1.82, 2.24) is 5.32 Å². The van der Waals surface area contributed by atoms with Gasteiger partial charge in [-0.05, 0) is 24.6 Å². The average Bonchev–Trinajstić information content (AvgIpc) is 2.40. The van der Waals surface area contributed by atoms with Crippen LogP contribution in [0.4, 0.5) is 5.69 Å². The third-order valence-corrected chi connectivity index (χ3v) is 4.19. The van der Waals surface area contributed by atoms with Gasteiger partial charge in [0.25, 0.3) is 0 Å². The van der Waals surface area contributed by atoms with Crippen molar-refractivity contribution in [2.45, 2.75) is 19.4 Å². The monoisotopic (exact) mass is 280 g/mol. The van der Waals surface area contributed by atoms with Crippen molar-refractivity contribution in [2.24, 2.45) is 0 Å². The van der Waals surface area contributed by atoms with Crippen molar-refractivity contribution in [3.8, 4) is 5.75 Å². The molecule has 0 radical (unpaired) electrons. The second kappa shape index (κ2) is 6.82. The summed E-state index contributed by atoms with van der Waals surface area (Å²) in [5, 5.41) is 6.30. The lowest BCUT2D eigenvalue weighted by atomic mass is 10.2. The molecule has 0 aliphatic carbocycles. The third-order valence-electron chi connectivity index (χ3n) is 3.06. The molecule has 0 aromatic heterocycles. The minimum Gasteiger partial charge on any atom is -0.495 e. The number of hydrogen-bond donors (Lipinski definition) is 2. The van der Waals surface area contributed by atoms with Crippen LogP contribution in [0.5, 0.6) is 5.75 Å². The molecule has 1 heterocycles. The maximum atomic E-state index is 12.0. The Balaban J connectivity index is 1.95. The number of ether oxygens (including phenoxy) is 1. The summed E-state index contributed by atoms with van der Waals surface area (Å²) in [6, 6.07) is 6.04. The predicted octanol–water partition coefficient (Wildman–Crippen LogP) is 2.04. The Kier molecular flexibility index (Phi) is 5.10. The second-order valence-electron chi connectivity index (χ2n) is 4.68. The smallest absolute Gasteiger partial charge is 0.226 e. The highest BCUT2D eigenvalue weighted by molar-refractivity contribution is 7.99. The normalized spacial score (nSPS) is 18.9. The molecule has 1 aromatic carbocycles. The molecule has 1 aromatic rings. The molecule has 104 valence electrons. The Morgan fingerprint density at radius 2 is 2.42 bits per heavy atom. The van der Waals surface area contributed by atoms with E-state index in [1.807, 2.05) is 36.9 Å². The SMILES string of the molecule is COc1ccc(C)cc1NC(=O)CC1CSCCN1. The Bertz CT molecular complexity index is 445. The van der Waals surface area contributed by atoms with E-state index in [0.717, 1.165) is 29.3 Å². The zero-order valence-corrected chi connectivity index (χ0v) is 12.2. The van der Waals surface area contributed by atoms with Gasteiger partial charge in [-0.1, -0.05) is 6.07 Å². The summed E-state index contributed by atoms with van der Waals surface area (Å²) in [5.74, 6) is 2.86. The first-order chi connectivity index (χ1) is 9.19. The van der Waals surface area contributed by atoms with Crippen LogP contribution in [0.15, 0.2) is 18.2 Å². The van der Waals surface area contributed by atoms with Gasteiger partial charge in [0.1, 0.15) is 5.75 Å². The number of carbonyl (C=O) groups excluding carboxylic acids is 1. The van der Waals surface area contributed by atoms with E-state index in [1.54, 1.807) is 7.11 Å². The number of thioether (sulfide) groups is 1. The van der Waals surface area contributed by atoms with Gasteiger partial charge in [-0.25, -0.2) is 0 Å². The number of hydrogen-bond acceptors (Lipinski definition) is 4. The number of aryl methyl sites for hydroxylation is 1. The molecule has 1 saturated heterocycles. The van der Waals surface area contributed by atoms with Crippen LogP contribution in [0.3, 0.4) is 0 Å². The molecule has 19 heavy (non-hydrogen) atoms. The lowest BCUT2D eigenvalue weighted by Crippen LogP contribution is -2.39. The van der Waals surface area contributed by atoms with Gasteiger partial charge < -0.3 is 15.4 Å². The molecule has 1 fully saturated rings. The second-order valence-corrected chi connectivity index (χ2v) is 5.83. The number of benzene rings is 1. The first-order valence-corrected chi connectivity index (χ1v) is 7.60. The van der Waals surface area contributed by atoms with Gasteiger partial charge in [0.2, 0.25) is 5.91 Å². The highest BCUT2D eigenvalue weighted by Crippen LogP contribution is 2.25. The third kappa shape index (κ3) is 4.14. The van der Waals surface area contributed by atoms with Gasteiger partial charge in [-0.15, -0.1) is 0 Å². The average molecular weight is 280 g/mol. The number of amides is 1. The molecule has 1 atom stereocenters. The summed E-state index contributed by atoms with van der Waals surface area (Å²) in [6.45, 7) is 2.98. The standard InChI is InChI=1S/C14H20N2O2S/c1-10-3-4-13(18-2)12(7-10)16-14(17)8-11-9-19-6-5-15-11/h3-4,7,11,15H,5-6,8-9H2,1-2H3,(H,16,17). The summed E-state index contributed by atoms with van der Waals surface area (Å²) in [6.07, 6.45) is 0.504. The Morgan fingerprint density at radius 3 is 3.11 bits per heavy atom. The first-order valence-electron chi connectivity index (χ1n) is 6.44. The van der Waals surface area contributed by atoms with E-state index in [-0.39, 0.29) is 11.9 Å². The molecule has 4 nitrogen and oxygen atoms in total. The van der Waals surface area contributed by atoms with Crippen LogP contribution < -0.4 is 15.4 Å². The molecule has 1 aliphatic heterocycles. The number of anilines is 1. The van der Waals surface area contributed by atoms with Crippen molar-refractivity contribution >= 4 is 23.4 Å². The van der Waals surface area contributed by atoms with Crippen LogP contribution in [0.1, 0.15) is 12.0 Å². The molecule has 1 unspecified atom stereocenters. The van der Waals surface area contributed by atoms with Crippen LogP contribution in [0, 0.1) is 6.92 Å². The molecule has 0 saturated carbocycles. The van der Waals surface area contributed by atoms with Gasteiger partial charge in [0, 0.05) is 30.5 Å². The van der Waals surface area contributed by atoms with Crippen LogP contribution in [-0.2, 0) is 4.79 Å². The topological polar surface area (TPSA) is 50.4 Å². The van der Waals surface area contributed by atoms with E-state index >= 15 is 0 Å². The van der Waals surface area contributed by atoms with E-state index in [2.05, 4.69) is 10.6 Å². The Hall–Kier alpha value is -1.20. The number of rotatable bonds is 4. The number of carbonyl (C=O) groups is 1. The zero-order chi connectivity index (χ0) is 13.7. The molecule has 1 aliphatic rings. The fourth-order valence-corrected chi connectivity index (χ4v) is 3.04. The van der Waals surface area contributed by atoms with Crippen LogP contribution in [-0.4, -0.2) is 37.1 Å². The highest BCUT2D eigenvalue weighted by atomic mass is 32.2. The van der Waals surface area contributed by atoms with Crippen LogP contribution >= 0.6 is 11.8 Å². The Labute approximate surface area is 118 Å². The van der Waals surface area contributed by atoms with Crippen LogP contribution in [0.2, 0.25) is 0 Å². The summed E-state index contributed by atoms with van der Waals surface area (Å²) in [7, 11) is 1.61. The molecule has 0 spiro atoms. The van der Waals surface area contributed by atoms with Crippen molar-refractivity contribution in [2.75, 3.05) is 30.5 Å². The maximum absolute atomic E-state index is 12.0. The zero-order valence-electron chi connectivity index (χ0n) is 11.4. The predicted molar refractivity (Wildman–Crippen MR) is 80.1 cm³/mol. The van der Waals surface area contributed by atoms with Gasteiger partial charge in [0.05, 0.1) is 12.8 Å². The quantitative estimate of drug-likeness (QED) is 0.886. The van der Waals surface area contributed by atoms with Crippen LogP contribution in [0.25, 0.3) is 0 Å². The first kappa shape index (κ1) is 14.2. The lowest BCUT2D eigenvalue weighted by molar-refractivity contribution is -0.116. The molecule has 2 N–H and O–H groups in total. The van der Waals surface area contributed by atoms with Crippen molar-refractivity contribution in [3.63, 3.8) is 0 Å². The van der Waals surface area contributed by atoms with E-state index in [4.69, 9.17) is 4.74 Å². The fraction of sp³-hybridized carbons (Fsp3) is 0.500. The van der Waals surface area contributed by atoms with Crippen molar-refractivity contribution in [1.29, 1.82) is 0 Å². The molecular weight excluding hydrogens is 260 g/mol. The minimum absolute atomic E-state index is 0.0314. The summed E-state index contributed by atoms with van der Waals surface area (Å²) in [5.41, 5.74) is 1.85. The maximum Gasteiger partial charge on any atom is 0.226 e. The molecule has 2 rings (SSSR count). The number of methoxy groups -OCH3 is 1. The summed E-state index contributed by atoms with van der Waals surface area (Å²) >= 11 is 1.89. The molecular formula is C14H20N2O2S. The summed E-state index contributed by atoms with van der Waals surface area (Å²) in [4.78, 5) is 12.0. The largest absolute Gasteiger partial charge is 0.495 e. The van der Waals surface area contributed by atoms with E-state index in [1.165, 1.54) is 0 Å². The van der Waals surface area contributed by atoms with Gasteiger partial charge >= 0.3 is 0 Å². The molecule has 0 bridgehead atoms. The number of nitrogens with one attached hydrogen (secondary N) is 2. The van der Waals surface area contributed by atoms with Gasteiger partial charge in [-0.3, -0.25) is 4.79 Å². The lowest BCUT2D eigenvalue weighted by Gasteiger charge is -2.22. The molecule has 5 heteroatoms. The Morgan fingerprint density at radius 1 is 1.58 bits per heavy atom. The van der Waals surface area contributed by atoms with Gasteiger partial charge in [-0.2, -0.15) is 11.8 Å².